The molecule has 0 saturated heterocycles. The second-order valence-corrected chi connectivity index (χ2v) is 5.77. The maximum absolute atomic E-state index is 12.9. The lowest BCUT2D eigenvalue weighted by Gasteiger charge is -2.26. The molecule has 4 heteroatoms. The van der Waals surface area contributed by atoms with Crippen LogP contribution in [0.2, 0.25) is 0 Å². The maximum atomic E-state index is 12.9. The Labute approximate surface area is 132 Å². The molecule has 114 valence electrons. The number of esters is 1. The number of ether oxygens (including phenoxy) is 1. The van der Waals surface area contributed by atoms with E-state index in [0.29, 0.717) is 11.3 Å². The molecule has 0 fully saturated rings. The van der Waals surface area contributed by atoms with Crippen LogP contribution in [0.15, 0.2) is 59.4 Å². The van der Waals surface area contributed by atoms with Gasteiger partial charge in [-0.3, -0.25) is 9.59 Å². The van der Waals surface area contributed by atoms with Gasteiger partial charge in [-0.25, -0.2) is 0 Å². The highest BCUT2D eigenvalue weighted by Gasteiger charge is 2.33. The summed E-state index contributed by atoms with van der Waals surface area (Å²) in [7, 11) is 1.75. The van der Waals surface area contributed by atoms with Crippen molar-refractivity contribution in [1.82, 2.24) is 4.57 Å². The first-order chi connectivity index (χ1) is 11.2. The van der Waals surface area contributed by atoms with Gasteiger partial charge < -0.3 is 9.30 Å². The Balaban J connectivity index is 2.08. The zero-order valence-corrected chi connectivity index (χ0v) is 12.7. The number of pyridine rings is 1. The first kappa shape index (κ1) is 13.8. The van der Waals surface area contributed by atoms with Gasteiger partial charge in [-0.1, -0.05) is 42.5 Å². The highest BCUT2D eigenvalue weighted by atomic mass is 16.5. The number of aryl methyl sites for hydroxylation is 1. The van der Waals surface area contributed by atoms with Crippen LogP contribution in [-0.2, 0) is 11.8 Å². The molecule has 0 bridgehead atoms. The van der Waals surface area contributed by atoms with E-state index < -0.39 is 0 Å². The molecule has 0 saturated carbocycles. The van der Waals surface area contributed by atoms with Gasteiger partial charge >= 0.3 is 5.97 Å². The van der Waals surface area contributed by atoms with Crippen molar-refractivity contribution in [3.8, 4) is 5.75 Å². The van der Waals surface area contributed by atoms with E-state index in [1.165, 1.54) is 0 Å². The number of aromatic nitrogens is 1. The van der Waals surface area contributed by atoms with Crippen molar-refractivity contribution in [2.45, 2.75) is 12.3 Å². The number of carbonyl (C=O) groups excluding carboxylic acids is 1. The molecular formula is C19H15NO3. The monoisotopic (exact) mass is 305 g/mol. The van der Waals surface area contributed by atoms with E-state index in [-0.39, 0.29) is 23.9 Å². The van der Waals surface area contributed by atoms with Gasteiger partial charge in [0.25, 0.3) is 5.56 Å². The molecule has 2 aromatic carbocycles. The first-order valence-corrected chi connectivity index (χ1v) is 7.54. The molecule has 0 spiro atoms. The average molecular weight is 305 g/mol. The van der Waals surface area contributed by atoms with E-state index in [1.807, 2.05) is 54.6 Å². The molecule has 0 radical (unpaired) electrons. The number of carbonyl (C=O) groups is 1. The van der Waals surface area contributed by atoms with Gasteiger partial charge in [-0.05, 0) is 17.7 Å². The summed E-state index contributed by atoms with van der Waals surface area (Å²) >= 11 is 0. The van der Waals surface area contributed by atoms with Crippen LogP contribution in [0.4, 0.5) is 0 Å². The highest BCUT2D eigenvalue weighted by molar-refractivity contribution is 5.91. The average Bonchev–Trinajstić information content (AvgIpc) is 2.59. The highest BCUT2D eigenvalue weighted by Crippen LogP contribution is 2.40. The summed E-state index contributed by atoms with van der Waals surface area (Å²) in [5.74, 6) is -0.158. The Bertz CT molecular complexity index is 973. The van der Waals surface area contributed by atoms with Crippen LogP contribution in [0.25, 0.3) is 10.9 Å². The lowest BCUT2D eigenvalue weighted by atomic mass is 9.86. The predicted octanol–water partition coefficient (Wildman–Crippen LogP) is 2.98. The normalized spacial score (nSPS) is 16.9. The van der Waals surface area contributed by atoms with Gasteiger partial charge in [0.15, 0.2) is 0 Å². The van der Waals surface area contributed by atoms with Crippen molar-refractivity contribution in [3.05, 3.63) is 76.1 Å². The smallest absolute Gasteiger partial charge is 0.312 e. The minimum Gasteiger partial charge on any atom is -0.425 e. The Hall–Kier alpha value is -2.88. The fourth-order valence-electron chi connectivity index (χ4n) is 3.30. The Morgan fingerprint density at radius 2 is 1.70 bits per heavy atom. The van der Waals surface area contributed by atoms with E-state index in [9.17, 15) is 9.59 Å². The molecule has 0 aliphatic carbocycles. The minimum absolute atomic E-state index is 0.111. The first-order valence-electron chi connectivity index (χ1n) is 7.54. The number of rotatable bonds is 1. The summed E-state index contributed by atoms with van der Waals surface area (Å²) in [6.45, 7) is 0. The van der Waals surface area contributed by atoms with Crippen molar-refractivity contribution in [2.75, 3.05) is 0 Å². The fourth-order valence-corrected chi connectivity index (χ4v) is 3.30. The molecule has 1 aliphatic rings. The Morgan fingerprint density at radius 1 is 1.00 bits per heavy atom. The Morgan fingerprint density at radius 3 is 2.48 bits per heavy atom. The topological polar surface area (TPSA) is 48.3 Å². The molecule has 1 atom stereocenters. The van der Waals surface area contributed by atoms with Crippen molar-refractivity contribution >= 4 is 16.9 Å². The van der Waals surface area contributed by atoms with Crippen LogP contribution < -0.4 is 10.3 Å². The molecule has 2 heterocycles. The molecule has 0 unspecified atom stereocenters. The summed E-state index contributed by atoms with van der Waals surface area (Å²) in [6, 6.07) is 17.1. The lowest BCUT2D eigenvalue weighted by Crippen LogP contribution is -2.31. The summed E-state index contributed by atoms with van der Waals surface area (Å²) < 4.78 is 7.11. The third kappa shape index (κ3) is 2.06. The third-order valence-electron chi connectivity index (χ3n) is 4.43. The maximum Gasteiger partial charge on any atom is 0.312 e. The molecule has 1 aromatic heterocycles. The van der Waals surface area contributed by atoms with Crippen LogP contribution in [-0.4, -0.2) is 10.5 Å². The van der Waals surface area contributed by atoms with Crippen molar-refractivity contribution < 1.29 is 9.53 Å². The molecule has 0 N–H and O–H groups in total. The zero-order valence-electron chi connectivity index (χ0n) is 12.7. The van der Waals surface area contributed by atoms with Crippen molar-refractivity contribution in [1.29, 1.82) is 0 Å². The number of fused-ring (bicyclic) bond motifs is 3. The number of hydrogen-bond acceptors (Lipinski definition) is 3. The summed E-state index contributed by atoms with van der Waals surface area (Å²) in [5.41, 5.74) is 2.17. The Kier molecular flexibility index (Phi) is 3.05. The van der Waals surface area contributed by atoms with Crippen LogP contribution in [0.3, 0.4) is 0 Å². The molecular weight excluding hydrogens is 290 g/mol. The molecule has 1 aliphatic heterocycles. The fraction of sp³-hybridized carbons (Fsp3) is 0.158. The summed E-state index contributed by atoms with van der Waals surface area (Å²) in [6.07, 6.45) is 0.185. The SMILES string of the molecule is Cn1c(=O)c2c(c3ccccc31)OC(=O)C[C@H]2c1ccccc1. The van der Waals surface area contributed by atoms with Gasteiger partial charge in [0.05, 0.1) is 17.5 Å². The zero-order chi connectivity index (χ0) is 16.0. The second-order valence-electron chi connectivity index (χ2n) is 5.77. The van der Waals surface area contributed by atoms with Crippen molar-refractivity contribution in [3.63, 3.8) is 0 Å². The standard InChI is InChI=1S/C19H15NO3/c1-20-15-10-6-5-9-13(15)18-17(19(20)22)14(11-16(21)23-18)12-7-3-2-4-8-12/h2-10,14H,11H2,1H3/t14-/m0/s1. The number of para-hydroxylation sites is 1. The number of nitrogens with zero attached hydrogens (tertiary/aromatic N) is 1. The molecule has 4 nitrogen and oxygen atoms in total. The van der Waals surface area contributed by atoms with Crippen molar-refractivity contribution in [2.24, 2.45) is 7.05 Å². The van der Waals surface area contributed by atoms with Crippen LogP contribution in [0, 0.1) is 0 Å². The summed E-state index contributed by atoms with van der Waals surface area (Å²) in [5, 5.41) is 0.790. The molecule has 3 aromatic rings. The number of benzene rings is 2. The van der Waals surface area contributed by atoms with Gasteiger partial charge in [0, 0.05) is 18.4 Å². The molecule has 4 rings (SSSR count). The lowest BCUT2D eigenvalue weighted by molar-refractivity contribution is -0.135. The van der Waals surface area contributed by atoms with Crippen LogP contribution in [0.1, 0.15) is 23.5 Å². The van der Waals surface area contributed by atoms with Gasteiger partial charge in [0.2, 0.25) is 0 Å². The van der Waals surface area contributed by atoms with E-state index >= 15 is 0 Å². The minimum atomic E-state index is -0.301. The van der Waals surface area contributed by atoms with E-state index in [1.54, 1.807) is 11.6 Å². The molecule has 23 heavy (non-hydrogen) atoms. The largest absolute Gasteiger partial charge is 0.425 e. The number of hydrogen-bond donors (Lipinski definition) is 0. The van der Waals surface area contributed by atoms with E-state index in [0.717, 1.165) is 16.5 Å². The quantitative estimate of drug-likeness (QED) is 0.649. The third-order valence-corrected chi connectivity index (χ3v) is 4.43. The second kappa shape index (κ2) is 5.09. The predicted molar refractivity (Wildman–Crippen MR) is 87.7 cm³/mol. The van der Waals surface area contributed by atoms with Gasteiger partial charge in [0.1, 0.15) is 5.75 Å². The molecule has 0 amide bonds. The van der Waals surface area contributed by atoms with Crippen LogP contribution in [0.5, 0.6) is 5.75 Å². The van der Waals surface area contributed by atoms with Gasteiger partial charge in [-0.2, -0.15) is 0 Å². The summed E-state index contributed by atoms with van der Waals surface area (Å²) in [4.78, 5) is 25.0. The van der Waals surface area contributed by atoms with E-state index in [4.69, 9.17) is 4.74 Å². The van der Waals surface area contributed by atoms with E-state index in [2.05, 4.69) is 0 Å². The van der Waals surface area contributed by atoms with Gasteiger partial charge in [-0.15, -0.1) is 0 Å². The van der Waals surface area contributed by atoms with Crippen LogP contribution >= 0.6 is 0 Å².